The third kappa shape index (κ3) is 8.57. The van der Waals surface area contributed by atoms with Crippen LogP contribution in [0.1, 0.15) is 48.4 Å². The average molecular weight is 681 g/mol. The fourth-order valence-electron chi connectivity index (χ4n) is 6.84. The van der Waals surface area contributed by atoms with Crippen LogP contribution in [0.25, 0.3) is 5.70 Å². The molecule has 1 atom stereocenters. The van der Waals surface area contributed by atoms with E-state index in [1.54, 1.807) is 25.4 Å². The fourth-order valence-corrected chi connectivity index (χ4v) is 6.84. The first-order valence-electron chi connectivity index (χ1n) is 17.5. The molecule has 0 bridgehead atoms. The lowest BCUT2D eigenvalue weighted by Crippen LogP contribution is -2.44. The normalized spacial score (nSPS) is 16.3. The highest BCUT2D eigenvalue weighted by atomic mass is 16.5. The van der Waals surface area contributed by atoms with Gasteiger partial charge in [0.15, 0.2) is 6.61 Å². The van der Waals surface area contributed by atoms with Gasteiger partial charge in [-0.3, -0.25) is 4.98 Å². The van der Waals surface area contributed by atoms with Crippen LogP contribution < -0.4 is 10.2 Å². The third-order valence-corrected chi connectivity index (χ3v) is 9.47. The van der Waals surface area contributed by atoms with Gasteiger partial charge in [0.05, 0.1) is 23.5 Å². The Balaban J connectivity index is 1.41. The Morgan fingerprint density at radius 1 is 0.843 bits per heavy atom. The van der Waals surface area contributed by atoms with Crippen molar-refractivity contribution < 1.29 is 19.1 Å². The molecule has 8 nitrogen and oxygen atoms in total. The number of ether oxygens (including phenoxy) is 2. The number of carbonyl (C=O) groups is 2. The summed E-state index contributed by atoms with van der Waals surface area (Å²) in [5.41, 5.74) is 6.90. The summed E-state index contributed by atoms with van der Waals surface area (Å²) in [6, 6.07) is 32.3. The van der Waals surface area contributed by atoms with E-state index in [9.17, 15) is 9.59 Å². The lowest BCUT2D eigenvalue weighted by atomic mass is 9.75. The molecule has 1 N–H and O–H groups in total. The number of likely N-dealkylation sites (N-methyl/N-ethyl adjacent to an activating group) is 1. The van der Waals surface area contributed by atoms with Crippen molar-refractivity contribution in [3.8, 4) is 11.8 Å². The van der Waals surface area contributed by atoms with Gasteiger partial charge in [-0.25, -0.2) is 9.59 Å². The number of hydrogen-bond acceptors (Lipinski definition) is 8. The van der Waals surface area contributed by atoms with Crippen LogP contribution in [0.2, 0.25) is 0 Å². The van der Waals surface area contributed by atoms with Gasteiger partial charge >= 0.3 is 11.9 Å². The van der Waals surface area contributed by atoms with Crippen molar-refractivity contribution in [2.45, 2.75) is 26.2 Å². The second kappa shape index (κ2) is 16.8. The van der Waals surface area contributed by atoms with Crippen LogP contribution in [0.15, 0.2) is 126 Å². The van der Waals surface area contributed by atoms with Crippen molar-refractivity contribution in [1.29, 1.82) is 0 Å². The predicted molar refractivity (Wildman–Crippen MR) is 200 cm³/mol. The monoisotopic (exact) mass is 680 g/mol. The van der Waals surface area contributed by atoms with Gasteiger partial charge in [-0.15, -0.1) is 0 Å². The van der Waals surface area contributed by atoms with E-state index in [1.165, 1.54) is 0 Å². The summed E-state index contributed by atoms with van der Waals surface area (Å²) in [5, 5.41) is 3.45. The zero-order chi connectivity index (χ0) is 35.6. The number of anilines is 1. The highest BCUT2D eigenvalue weighted by Gasteiger charge is 2.40. The number of esters is 2. The molecule has 0 radical (unpaired) electrons. The fraction of sp³-hybridized carbons (Fsp3) is 0.279. The Bertz CT molecular complexity index is 1880. The lowest BCUT2D eigenvalue weighted by Gasteiger charge is -2.35. The highest BCUT2D eigenvalue weighted by molar-refractivity contribution is 6.03. The molecular weight excluding hydrogens is 636 g/mol. The van der Waals surface area contributed by atoms with Gasteiger partial charge < -0.3 is 24.6 Å². The van der Waals surface area contributed by atoms with Crippen molar-refractivity contribution in [2.75, 3.05) is 51.3 Å². The Kier molecular flexibility index (Phi) is 11.6. The summed E-state index contributed by atoms with van der Waals surface area (Å²) in [7, 11) is 2.14. The minimum Gasteiger partial charge on any atom is -0.463 e. The van der Waals surface area contributed by atoms with Gasteiger partial charge in [0.25, 0.3) is 0 Å². The molecule has 0 aliphatic carbocycles. The van der Waals surface area contributed by atoms with Gasteiger partial charge in [-0.2, -0.15) is 0 Å². The van der Waals surface area contributed by atoms with Crippen molar-refractivity contribution >= 4 is 23.3 Å². The van der Waals surface area contributed by atoms with E-state index in [0.717, 1.165) is 54.1 Å². The molecule has 2 aliphatic heterocycles. The first-order chi connectivity index (χ1) is 24.9. The maximum atomic E-state index is 14.1. The molecule has 260 valence electrons. The molecule has 4 aromatic rings. The number of benzene rings is 3. The van der Waals surface area contributed by atoms with E-state index < -0.39 is 17.9 Å². The largest absolute Gasteiger partial charge is 0.463 e. The van der Waals surface area contributed by atoms with Crippen LogP contribution in [-0.4, -0.2) is 68.3 Å². The first-order valence-corrected chi connectivity index (χ1v) is 17.5. The molecule has 51 heavy (non-hydrogen) atoms. The zero-order valence-corrected chi connectivity index (χ0v) is 29.5. The van der Waals surface area contributed by atoms with E-state index in [2.05, 4.69) is 75.4 Å². The molecule has 1 aromatic heterocycles. The van der Waals surface area contributed by atoms with Crippen LogP contribution >= 0.6 is 0 Å². The molecule has 1 saturated heterocycles. The maximum Gasteiger partial charge on any atom is 0.337 e. The number of nitrogens with one attached hydrogen (secondary N) is 1. The molecule has 1 unspecified atom stereocenters. The van der Waals surface area contributed by atoms with E-state index in [-0.39, 0.29) is 19.1 Å². The number of allylic oxidation sites excluding steroid dienone is 1. The SMILES string of the molecule is CCOC(=O)C1=C(c2ccc(N3CCN(C)CC3)cc2)NC(C)=C(C(=O)OCC#Cc2cccnc2)C1CC(c1ccccc1)c1ccccc1. The minimum atomic E-state index is -0.651. The molecule has 0 amide bonds. The molecule has 3 heterocycles. The van der Waals surface area contributed by atoms with Gasteiger partial charge in [0, 0.05) is 67.4 Å². The van der Waals surface area contributed by atoms with Crippen molar-refractivity contribution in [3.05, 3.63) is 149 Å². The van der Waals surface area contributed by atoms with Crippen LogP contribution in [0.4, 0.5) is 5.69 Å². The number of pyridine rings is 1. The number of piperazine rings is 1. The molecule has 6 rings (SSSR count). The molecule has 0 saturated carbocycles. The van der Waals surface area contributed by atoms with Crippen molar-refractivity contribution in [2.24, 2.45) is 5.92 Å². The first kappa shape index (κ1) is 35.2. The Morgan fingerprint density at radius 2 is 1.49 bits per heavy atom. The number of dihydropyridines is 1. The number of aromatic nitrogens is 1. The molecular formula is C43H44N4O4. The Morgan fingerprint density at radius 3 is 2.10 bits per heavy atom. The summed E-state index contributed by atoms with van der Waals surface area (Å²) in [6.45, 7) is 7.65. The van der Waals surface area contributed by atoms with Crippen LogP contribution in [0.3, 0.4) is 0 Å². The van der Waals surface area contributed by atoms with Gasteiger partial charge in [0.2, 0.25) is 0 Å². The molecule has 0 spiro atoms. The topological polar surface area (TPSA) is 84.0 Å². The standard InChI is InChI=1S/C43H44N4O4/c1-4-50-43(49)40-38(29-37(33-15-7-5-8-16-33)34-17-9-6-10-18-34)39(42(48)51-28-12-14-32-13-11-23-44-30-32)31(2)45-41(40)35-19-21-36(22-20-35)47-26-24-46(3)25-27-47/h5-11,13,15-23,30,37-38,45H,4,24-29H2,1-3H3. The van der Waals surface area contributed by atoms with Crippen molar-refractivity contribution in [1.82, 2.24) is 15.2 Å². The van der Waals surface area contributed by atoms with E-state index in [0.29, 0.717) is 29.0 Å². The summed E-state index contributed by atoms with van der Waals surface area (Å²) in [4.78, 5) is 37.1. The quantitative estimate of drug-likeness (QED) is 0.152. The van der Waals surface area contributed by atoms with E-state index in [1.807, 2.05) is 61.5 Å². The van der Waals surface area contributed by atoms with Crippen LogP contribution in [0, 0.1) is 17.8 Å². The number of nitrogens with zero attached hydrogens (tertiary/aromatic N) is 3. The summed E-state index contributed by atoms with van der Waals surface area (Å²) < 4.78 is 11.5. The van der Waals surface area contributed by atoms with E-state index >= 15 is 0 Å². The average Bonchev–Trinajstić information content (AvgIpc) is 3.17. The molecule has 3 aromatic carbocycles. The predicted octanol–water partition coefficient (Wildman–Crippen LogP) is 6.42. The smallest absolute Gasteiger partial charge is 0.337 e. The lowest BCUT2D eigenvalue weighted by molar-refractivity contribution is -0.139. The van der Waals surface area contributed by atoms with E-state index in [4.69, 9.17) is 9.47 Å². The van der Waals surface area contributed by atoms with Crippen molar-refractivity contribution in [3.63, 3.8) is 0 Å². The number of hydrogen-bond donors (Lipinski definition) is 1. The van der Waals surface area contributed by atoms with Gasteiger partial charge in [-0.05, 0) is 68.3 Å². The molecule has 2 aliphatic rings. The third-order valence-electron chi connectivity index (χ3n) is 9.47. The number of carbonyl (C=O) groups excluding carboxylic acids is 2. The second-order valence-electron chi connectivity index (χ2n) is 12.8. The van der Waals surface area contributed by atoms with Gasteiger partial charge in [-0.1, -0.05) is 84.6 Å². The second-order valence-corrected chi connectivity index (χ2v) is 12.8. The summed E-state index contributed by atoms with van der Waals surface area (Å²) in [6.07, 6.45) is 3.76. The van der Waals surface area contributed by atoms with Crippen LogP contribution in [-0.2, 0) is 19.1 Å². The Labute approximate surface area is 300 Å². The molecule has 1 fully saturated rings. The number of rotatable bonds is 10. The zero-order valence-electron chi connectivity index (χ0n) is 29.5. The van der Waals surface area contributed by atoms with Gasteiger partial charge in [0.1, 0.15) is 0 Å². The summed E-state index contributed by atoms with van der Waals surface area (Å²) >= 11 is 0. The minimum absolute atomic E-state index is 0.114. The Hall–Kier alpha value is -5.65. The summed E-state index contributed by atoms with van der Waals surface area (Å²) in [5.74, 6) is 4.13. The molecule has 8 heteroatoms. The van der Waals surface area contributed by atoms with Crippen LogP contribution in [0.5, 0.6) is 0 Å². The highest BCUT2D eigenvalue weighted by Crippen LogP contribution is 2.43. The maximum absolute atomic E-state index is 14.1.